The molecular weight excluding hydrogens is 455 g/mol. The van der Waals surface area contributed by atoms with Gasteiger partial charge in [0.25, 0.3) is 0 Å². The average molecular weight is 480 g/mol. The van der Waals surface area contributed by atoms with E-state index >= 15 is 0 Å². The fraction of sp³-hybridized carbons (Fsp3) is 0.316. The van der Waals surface area contributed by atoms with E-state index in [4.69, 9.17) is 4.52 Å². The Balaban J connectivity index is 0.00000261. The Bertz CT molecular complexity index is 888. The van der Waals surface area contributed by atoms with Gasteiger partial charge in [-0.1, -0.05) is 23.4 Å². The molecule has 0 aliphatic carbocycles. The van der Waals surface area contributed by atoms with E-state index in [1.807, 2.05) is 41.8 Å². The molecule has 0 saturated carbocycles. The quantitative estimate of drug-likeness (QED) is 0.345. The summed E-state index contributed by atoms with van der Waals surface area (Å²) in [6, 6.07) is 12.2. The van der Waals surface area contributed by atoms with Crippen LogP contribution < -0.4 is 5.32 Å². The number of nitrogens with zero attached hydrogens (tertiary/aromatic N) is 5. The zero-order chi connectivity index (χ0) is 18.5. The van der Waals surface area contributed by atoms with E-state index in [1.54, 1.807) is 13.3 Å². The second-order valence-corrected chi connectivity index (χ2v) is 6.22. The first-order chi connectivity index (χ1) is 12.6. The highest BCUT2D eigenvalue weighted by atomic mass is 127. The van der Waals surface area contributed by atoms with Gasteiger partial charge in [0.1, 0.15) is 12.0 Å². The molecule has 2 heterocycles. The molecule has 27 heavy (non-hydrogen) atoms. The summed E-state index contributed by atoms with van der Waals surface area (Å²) in [7, 11) is 3.74. The fourth-order valence-electron chi connectivity index (χ4n) is 2.94. The minimum absolute atomic E-state index is 0. The van der Waals surface area contributed by atoms with Crippen LogP contribution in [0.25, 0.3) is 5.69 Å². The van der Waals surface area contributed by atoms with Crippen LogP contribution in [0.2, 0.25) is 0 Å². The Morgan fingerprint density at radius 2 is 2.04 bits per heavy atom. The zero-order valence-electron chi connectivity index (χ0n) is 16.0. The summed E-state index contributed by atoms with van der Waals surface area (Å²) >= 11 is 0. The third-order valence-corrected chi connectivity index (χ3v) is 4.13. The second-order valence-electron chi connectivity index (χ2n) is 6.22. The van der Waals surface area contributed by atoms with Crippen molar-refractivity contribution in [3.8, 4) is 5.69 Å². The second kappa shape index (κ2) is 9.54. The number of aryl methyl sites for hydroxylation is 2. The SMILES string of the molecule is CN=C(NCc1ccccc1-n1nc(C)cc1C)N(C)Cc1ccon1.I. The molecule has 7 nitrogen and oxygen atoms in total. The van der Waals surface area contributed by atoms with Gasteiger partial charge in [0.05, 0.1) is 17.9 Å². The normalized spacial score (nSPS) is 11.2. The zero-order valence-corrected chi connectivity index (χ0v) is 18.3. The molecule has 0 spiro atoms. The molecule has 2 aromatic heterocycles. The Kier molecular flexibility index (Phi) is 7.40. The summed E-state index contributed by atoms with van der Waals surface area (Å²) in [4.78, 5) is 6.36. The van der Waals surface area contributed by atoms with Gasteiger partial charge in [-0.2, -0.15) is 5.10 Å². The van der Waals surface area contributed by atoms with Crippen molar-refractivity contribution in [3.05, 3.63) is 65.3 Å². The lowest BCUT2D eigenvalue weighted by atomic mass is 10.1. The highest BCUT2D eigenvalue weighted by Gasteiger charge is 2.11. The van der Waals surface area contributed by atoms with Gasteiger partial charge in [-0.05, 0) is 31.5 Å². The molecule has 0 fully saturated rings. The largest absolute Gasteiger partial charge is 0.364 e. The first-order valence-electron chi connectivity index (χ1n) is 8.51. The molecule has 0 atom stereocenters. The van der Waals surface area contributed by atoms with Crippen molar-refractivity contribution in [1.82, 2.24) is 25.2 Å². The number of para-hydroxylation sites is 1. The van der Waals surface area contributed by atoms with E-state index in [1.165, 1.54) is 0 Å². The van der Waals surface area contributed by atoms with Crippen molar-refractivity contribution >= 4 is 29.9 Å². The smallest absolute Gasteiger partial charge is 0.194 e. The molecule has 3 aromatic rings. The van der Waals surface area contributed by atoms with Crippen LogP contribution in [0.3, 0.4) is 0 Å². The van der Waals surface area contributed by atoms with Crippen molar-refractivity contribution in [3.63, 3.8) is 0 Å². The molecule has 0 aliphatic heterocycles. The summed E-state index contributed by atoms with van der Waals surface area (Å²) in [6.07, 6.45) is 1.57. The number of aromatic nitrogens is 3. The summed E-state index contributed by atoms with van der Waals surface area (Å²) in [6.45, 7) is 5.33. The molecule has 8 heteroatoms. The van der Waals surface area contributed by atoms with Gasteiger partial charge in [-0.3, -0.25) is 4.99 Å². The molecule has 1 aromatic carbocycles. The lowest BCUT2D eigenvalue weighted by Gasteiger charge is -2.21. The third-order valence-electron chi connectivity index (χ3n) is 4.13. The predicted molar refractivity (Wildman–Crippen MR) is 117 cm³/mol. The van der Waals surface area contributed by atoms with Crippen molar-refractivity contribution < 1.29 is 4.52 Å². The van der Waals surface area contributed by atoms with E-state index in [9.17, 15) is 0 Å². The van der Waals surface area contributed by atoms with Crippen molar-refractivity contribution in [1.29, 1.82) is 0 Å². The predicted octanol–water partition coefficient (Wildman–Crippen LogP) is 3.30. The van der Waals surface area contributed by atoms with Crippen LogP contribution >= 0.6 is 24.0 Å². The van der Waals surface area contributed by atoms with Gasteiger partial charge >= 0.3 is 0 Å². The van der Waals surface area contributed by atoms with Crippen molar-refractivity contribution in [2.24, 2.45) is 4.99 Å². The van der Waals surface area contributed by atoms with Gasteiger partial charge in [0.2, 0.25) is 0 Å². The van der Waals surface area contributed by atoms with E-state index in [0.717, 1.165) is 34.3 Å². The van der Waals surface area contributed by atoms with Crippen LogP contribution in [0.15, 0.2) is 52.2 Å². The Labute approximate surface area is 176 Å². The Hall–Kier alpha value is -2.36. The maximum Gasteiger partial charge on any atom is 0.194 e. The summed E-state index contributed by atoms with van der Waals surface area (Å²) < 4.78 is 6.87. The van der Waals surface area contributed by atoms with Crippen LogP contribution in [-0.4, -0.2) is 39.9 Å². The Morgan fingerprint density at radius 1 is 1.26 bits per heavy atom. The van der Waals surface area contributed by atoms with E-state index in [0.29, 0.717) is 13.1 Å². The number of guanidine groups is 1. The topological polar surface area (TPSA) is 71.5 Å². The summed E-state index contributed by atoms with van der Waals surface area (Å²) in [5.41, 5.74) is 5.20. The van der Waals surface area contributed by atoms with Crippen LogP contribution in [0.4, 0.5) is 0 Å². The monoisotopic (exact) mass is 480 g/mol. The van der Waals surface area contributed by atoms with E-state index < -0.39 is 0 Å². The minimum atomic E-state index is 0. The molecule has 0 unspecified atom stereocenters. The molecule has 0 amide bonds. The lowest BCUT2D eigenvalue weighted by Crippen LogP contribution is -2.38. The molecular formula is C19H25IN6O. The third kappa shape index (κ3) is 5.09. The molecule has 1 N–H and O–H groups in total. The Morgan fingerprint density at radius 3 is 2.67 bits per heavy atom. The maximum atomic E-state index is 4.89. The van der Waals surface area contributed by atoms with Gasteiger partial charge in [-0.15, -0.1) is 24.0 Å². The molecule has 0 aliphatic rings. The number of aliphatic imine (C=N–C) groups is 1. The van der Waals surface area contributed by atoms with E-state index in [2.05, 4.69) is 45.7 Å². The van der Waals surface area contributed by atoms with Gasteiger partial charge in [-0.25, -0.2) is 4.68 Å². The average Bonchev–Trinajstić information content (AvgIpc) is 3.25. The van der Waals surface area contributed by atoms with Crippen molar-refractivity contribution in [2.75, 3.05) is 14.1 Å². The standard InChI is InChI=1S/C19H24N6O.HI/c1-14-11-15(2)25(22-14)18-8-6-5-7-16(18)12-21-19(20-3)24(4)13-17-9-10-26-23-17;/h5-11H,12-13H2,1-4H3,(H,20,21);1H. The van der Waals surface area contributed by atoms with Gasteiger partial charge < -0.3 is 14.7 Å². The van der Waals surface area contributed by atoms with Gasteiger partial charge in [0, 0.05) is 32.4 Å². The molecule has 0 saturated heterocycles. The van der Waals surface area contributed by atoms with E-state index in [-0.39, 0.29) is 24.0 Å². The first-order valence-corrected chi connectivity index (χ1v) is 8.51. The van der Waals surface area contributed by atoms with Crippen LogP contribution in [0, 0.1) is 13.8 Å². The number of benzene rings is 1. The number of nitrogens with one attached hydrogen (secondary N) is 1. The maximum absolute atomic E-state index is 4.89. The highest BCUT2D eigenvalue weighted by Crippen LogP contribution is 2.17. The molecule has 144 valence electrons. The first kappa shape index (κ1) is 20.9. The molecule has 3 rings (SSSR count). The minimum Gasteiger partial charge on any atom is -0.364 e. The highest BCUT2D eigenvalue weighted by molar-refractivity contribution is 14.0. The van der Waals surface area contributed by atoms with Crippen molar-refractivity contribution in [2.45, 2.75) is 26.9 Å². The van der Waals surface area contributed by atoms with Crippen LogP contribution in [-0.2, 0) is 13.1 Å². The van der Waals surface area contributed by atoms with Gasteiger partial charge in [0.15, 0.2) is 5.96 Å². The van der Waals surface area contributed by atoms with Crippen LogP contribution in [0.5, 0.6) is 0 Å². The molecule has 0 bridgehead atoms. The number of halogens is 1. The summed E-state index contributed by atoms with van der Waals surface area (Å²) in [5, 5.41) is 12.0. The number of rotatable bonds is 5. The molecule has 0 radical (unpaired) electrons. The number of hydrogen-bond acceptors (Lipinski definition) is 4. The fourth-order valence-corrected chi connectivity index (χ4v) is 2.94. The number of hydrogen-bond donors (Lipinski definition) is 1. The van der Waals surface area contributed by atoms with Crippen LogP contribution in [0.1, 0.15) is 22.6 Å². The lowest BCUT2D eigenvalue weighted by molar-refractivity contribution is 0.391. The summed E-state index contributed by atoms with van der Waals surface area (Å²) in [5.74, 6) is 0.788.